The molecule has 1 aromatic heterocycles. The Morgan fingerprint density at radius 1 is 1.53 bits per heavy atom. The van der Waals surface area contributed by atoms with E-state index in [0.717, 1.165) is 16.6 Å². The van der Waals surface area contributed by atoms with Gasteiger partial charge in [0.05, 0.1) is 29.4 Å². The Balaban J connectivity index is 2.17. The molecule has 1 aromatic carbocycles. The average molecular weight is 226 g/mol. The van der Waals surface area contributed by atoms with Crippen LogP contribution in [-0.4, -0.2) is 33.8 Å². The van der Waals surface area contributed by atoms with Crippen molar-refractivity contribution < 1.29 is 5.11 Å². The number of aromatic amines is 1. The molecule has 0 bridgehead atoms. The summed E-state index contributed by atoms with van der Waals surface area (Å²) in [6.45, 7) is 0.432. The van der Waals surface area contributed by atoms with Crippen LogP contribution in [0.15, 0.2) is 24.4 Å². The second-order valence-corrected chi connectivity index (χ2v) is 3.64. The van der Waals surface area contributed by atoms with E-state index in [0.29, 0.717) is 6.54 Å². The molecule has 5 heteroatoms. The molecule has 0 aliphatic heterocycles. The number of hydrogen-bond donors (Lipinski definition) is 3. The van der Waals surface area contributed by atoms with Crippen LogP contribution in [0.1, 0.15) is 0 Å². The van der Waals surface area contributed by atoms with Gasteiger partial charge in [-0.3, -0.25) is 5.10 Å². The first-order chi connectivity index (χ1) is 7.31. The van der Waals surface area contributed by atoms with Crippen molar-refractivity contribution in [1.82, 2.24) is 10.2 Å². The third-order valence-corrected chi connectivity index (χ3v) is 2.54. The van der Waals surface area contributed by atoms with Crippen molar-refractivity contribution in [2.24, 2.45) is 0 Å². The number of aliphatic hydroxyl groups excluding tert-OH is 1. The summed E-state index contributed by atoms with van der Waals surface area (Å²) >= 11 is 5.51. The van der Waals surface area contributed by atoms with Crippen LogP contribution in [0.5, 0.6) is 0 Å². The maximum Gasteiger partial charge on any atom is 0.0881 e. The van der Waals surface area contributed by atoms with Gasteiger partial charge in [0.25, 0.3) is 0 Å². The fourth-order valence-corrected chi connectivity index (χ4v) is 1.51. The van der Waals surface area contributed by atoms with Crippen molar-refractivity contribution >= 4 is 28.2 Å². The second kappa shape index (κ2) is 4.51. The number of benzene rings is 1. The molecule has 0 saturated carbocycles. The SMILES string of the molecule is OC(CCl)CNc1cccc2cn[nH]c12. The normalized spacial score (nSPS) is 12.9. The van der Waals surface area contributed by atoms with E-state index in [1.807, 2.05) is 18.2 Å². The van der Waals surface area contributed by atoms with Gasteiger partial charge >= 0.3 is 0 Å². The maximum atomic E-state index is 9.32. The Hall–Kier alpha value is -1.26. The number of para-hydroxylation sites is 1. The molecular formula is C10H12ClN3O. The lowest BCUT2D eigenvalue weighted by Crippen LogP contribution is -2.20. The summed E-state index contributed by atoms with van der Waals surface area (Å²) in [7, 11) is 0. The molecule has 0 saturated heterocycles. The molecule has 2 rings (SSSR count). The van der Waals surface area contributed by atoms with Gasteiger partial charge in [-0.05, 0) is 6.07 Å². The molecule has 0 spiro atoms. The van der Waals surface area contributed by atoms with Crippen LogP contribution >= 0.6 is 11.6 Å². The van der Waals surface area contributed by atoms with Gasteiger partial charge < -0.3 is 10.4 Å². The van der Waals surface area contributed by atoms with Gasteiger partial charge in [0.15, 0.2) is 0 Å². The second-order valence-electron chi connectivity index (χ2n) is 3.33. The van der Waals surface area contributed by atoms with E-state index in [9.17, 15) is 5.11 Å². The van der Waals surface area contributed by atoms with Crippen LogP contribution in [0.2, 0.25) is 0 Å². The van der Waals surface area contributed by atoms with E-state index in [-0.39, 0.29) is 5.88 Å². The lowest BCUT2D eigenvalue weighted by molar-refractivity contribution is 0.211. The van der Waals surface area contributed by atoms with Crippen LogP contribution in [0.3, 0.4) is 0 Å². The lowest BCUT2D eigenvalue weighted by Gasteiger charge is -2.10. The smallest absolute Gasteiger partial charge is 0.0881 e. The standard InChI is InChI=1S/C10H12ClN3O/c11-4-8(15)6-12-9-3-1-2-7-5-13-14-10(7)9/h1-3,5,8,12,15H,4,6H2,(H,13,14). The number of rotatable bonds is 4. The highest BCUT2D eigenvalue weighted by Gasteiger charge is 2.04. The minimum atomic E-state index is -0.537. The summed E-state index contributed by atoms with van der Waals surface area (Å²) in [5.74, 6) is 0.228. The molecule has 0 radical (unpaired) electrons. The summed E-state index contributed by atoms with van der Waals surface area (Å²) in [5.41, 5.74) is 1.87. The predicted octanol–water partition coefficient (Wildman–Crippen LogP) is 1.57. The fourth-order valence-electron chi connectivity index (χ4n) is 1.40. The molecular weight excluding hydrogens is 214 g/mol. The van der Waals surface area contributed by atoms with Crippen LogP contribution in [0, 0.1) is 0 Å². The molecule has 80 valence electrons. The maximum absolute atomic E-state index is 9.32. The summed E-state index contributed by atoms with van der Waals surface area (Å²) in [6.07, 6.45) is 1.23. The fraction of sp³-hybridized carbons (Fsp3) is 0.300. The summed E-state index contributed by atoms with van der Waals surface area (Å²) in [6, 6.07) is 5.84. The van der Waals surface area contributed by atoms with Crippen LogP contribution in [0.4, 0.5) is 5.69 Å². The van der Waals surface area contributed by atoms with E-state index in [2.05, 4.69) is 15.5 Å². The summed E-state index contributed by atoms with van der Waals surface area (Å²) < 4.78 is 0. The van der Waals surface area contributed by atoms with Gasteiger partial charge in [0.1, 0.15) is 0 Å². The highest BCUT2D eigenvalue weighted by Crippen LogP contribution is 2.20. The van der Waals surface area contributed by atoms with Crippen LogP contribution in [0.25, 0.3) is 10.9 Å². The number of H-pyrrole nitrogens is 1. The lowest BCUT2D eigenvalue weighted by atomic mass is 10.2. The highest BCUT2D eigenvalue weighted by molar-refractivity contribution is 6.18. The first-order valence-corrected chi connectivity index (χ1v) is 5.24. The Bertz CT molecular complexity index is 443. The van der Waals surface area contributed by atoms with Crippen molar-refractivity contribution in [2.45, 2.75) is 6.10 Å². The van der Waals surface area contributed by atoms with E-state index in [1.54, 1.807) is 6.20 Å². The van der Waals surface area contributed by atoms with E-state index in [4.69, 9.17) is 11.6 Å². The number of fused-ring (bicyclic) bond motifs is 1. The van der Waals surface area contributed by atoms with Crippen molar-refractivity contribution in [1.29, 1.82) is 0 Å². The van der Waals surface area contributed by atoms with Gasteiger partial charge in [-0.2, -0.15) is 5.10 Å². The number of aliphatic hydroxyl groups is 1. The van der Waals surface area contributed by atoms with Gasteiger partial charge in [-0.25, -0.2) is 0 Å². The molecule has 3 N–H and O–H groups in total. The molecule has 1 unspecified atom stereocenters. The van der Waals surface area contributed by atoms with Gasteiger partial charge in [-0.15, -0.1) is 11.6 Å². The summed E-state index contributed by atoms with van der Waals surface area (Å²) in [5, 5.41) is 20.3. The first kappa shape index (κ1) is 10.3. The van der Waals surface area contributed by atoms with Crippen molar-refractivity contribution in [2.75, 3.05) is 17.7 Å². The van der Waals surface area contributed by atoms with Gasteiger partial charge in [-0.1, -0.05) is 12.1 Å². The van der Waals surface area contributed by atoms with Gasteiger partial charge in [0, 0.05) is 11.9 Å². The summed E-state index contributed by atoms with van der Waals surface area (Å²) in [4.78, 5) is 0. The minimum absolute atomic E-state index is 0.228. The molecule has 0 amide bonds. The quantitative estimate of drug-likeness (QED) is 0.693. The zero-order valence-corrected chi connectivity index (χ0v) is 8.83. The zero-order valence-electron chi connectivity index (χ0n) is 8.07. The van der Waals surface area contributed by atoms with Crippen molar-refractivity contribution in [3.05, 3.63) is 24.4 Å². The van der Waals surface area contributed by atoms with Crippen LogP contribution < -0.4 is 5.32 Å². The van der Waals surface area contributed by atoms with E-state index in [1.165, 1.54) is 0 Å². The molecule has 0 fully saturated rings. The molecule has 1 heterocycles. The topological polar surface area (TPSA) is 60.9 Å². The average Bonchev–Trinajstić information content (AvgIpc) is 2.74. The number of alkyl halides is 1. The Kier molecular flexibility index (Phi) is 3.08. The number of aromatic nitrogens is 2. The van der Waals surface area contributed by atoms with E-state index < -0.39 is 6.10 Å². The number of anilines is 1. The third-order valence-electron chi connectivity index (χ3n) is 2.18. The molecule has 4 nitrogen and oxygen atoms in total. The number of hydrogen-bond acceptors (Lipinski definition) is 3. The third kappa shape index (κ3) is 2.22. The van der Waals surface area contributed by atoms with Gasteiger partial charge in [0.2, 0.25) is 0 Å². The molecule has 0 aliphatic carbocycles. The Labute approximate surface area is 92.3 Å². The number of nitrogens with zero attached hydrogens (tertiary/aromatic N) is 1. The Morgan fingerprint density at radius 2 is 2.40 bits per heavy atom. The minimum Gasteiger partial charge on any atom is -0.390 e. The molecule has 0 aliphatic rings. The molecule has 1 atom stereocenters. The first-order valence-electron chi connectivity index (χ1n) is 4.71. The monoisotopic (exact) mass is 225 g/mol. The predicted molar refractivity (Wildman–Crippen MR) is 61.3 cm³/mol. The largest absolute Gasteiger partial charge is 0.390 e. The Morgan fingerprint density at radius 3 is 3.20 bits per heavy atom. The number of halogens is 1. The zero-order chi connectivity index (χ0) is 10.7. The molecule has 15 heavy (non-hydrogen) atoms. The number of nitrogens with one attached hydrogen (secondary N) is 2. The van der Waals surface area contributed by atoms with Crippen LogP contribution in [-0.2, 0) is 0 Å². The highest BCUT2D eigenvalue weighted by atomic mass is 35.5. The van der Waals surface area contributed by atoms with E-state index >= 15 is 0 Å². The molecule has 2 aromatic rings. The van der Waals surface area contributed by atoms with Crippen molar-refractivity contribution in [3.8, 4) is 0 Å². The van der Waals surface area contributed by atoms with Crippen molar-refractivity contribution in [3.63, 3.8) is 0 Å².